The van der Waals surface area contributed by atoms with Gasteiger partial charge in [-0.3, -0.25) is 0 Å². The van der Waals surface area contributed by atoms with Crippen LogP contribution in [-0.4, -0.2) is 28.0 Å². The van der Waals surface area contributed by atoms with Crippen LogP contribution in [0.1, 0.15) is 17.4 Å². The molecule has 0 atom stereocenters. The highest BCUT2D eigenvalue weighted by molar-refractivity contribution is 6.39. The van der Waals surface area contributed by atoms with Crippen LogP contribution in [-0.2, 0) is 4.74 Å². The molecule has 8 heteroatoms. The van der Waals surface area contributed by atoms with Crippen LogP contribution in [0.15, 0.2) is 12.1 Å². The minimum absolute atomic E-state index is 0.0490. The maximum absolute atomic E-state index is 13.5. The number of rotatable bonds is 3. The van der Waals surface area contributed by atoms with Crippen molar-refractivity contribution < 1.29 is 13.9 Å². The van der Waals surface area contributed by atoms with Crippen molar-refractivity contribution in [2.45, 2.75) is 6.92 Å². The van der Waals surface area contributed by atoms with Crippen molar-refractivity contribution >= 4 is 29.2 Å². The zero-order valence-electron chi connectivity index (χ0n) is 9.71. The fourth-order valence-electron chi connectivity index (χ4n) is 1.49. The Morgan fingerprint density at radius 2 is 2.16 bits per heavy atom. The largest absolute Gasteiger partial charge is 0.461 e. The molecule has 19 heavy (non-hydrogen) atoms. The van der Waals surface area contributed by atoms with E-state index in [1.807, 2.05) is 0 Å². The Bertz CT molecular complexity index is 630. The summed E-state index contributed by atoms with van der Waals surface area (Å²) in [6.45, 7) is 1.83. The second kappa shape index (κ2) is 5.54. The van der Waals surface area contributed by atoms with Gasteiger partial charge >= 0.3 is 5.97 Å². The summed E-state index contributed by atoms with van der Waals surface area (Å²) in [6.07, 6.45) is 0. The number of carbonyl (C=O) groups is 1. The number of carbonyl (C=O) groups excluding carboxylic acids is 1. The Hall–Kier alpha value is -1.66. The zero-order valence-corrected chi connectivity index (χ0v) is 11.2. The highest BCUT2D eigenvalue weighted by Crippen LogP contribution is 2.36. The fourth-order valence-corrected chi connectivity index (χ4v) is 2.04. The van der Waals surface area contributed by atoms with Crippen LogP contribution < -0.4 is 0 Å². The smallest absolute Gasteiger partial charge is 0.361 e. The van der Waals surface area contributed by atoms with Gasteiger partial charge in [0.15, 0.2) is 5.69 Å². The summed E-state index contributed by atoms with van der Waals surface area (Å²) in [5, 5.41) is 9.65. The third kappa shape index (κ3) is 2.54. The lowest BCUT2D eigenvalue weighted by molar-refractivity contribution is 0.0520. The molecule has 0 radical (unpaired) electrons. The molecule has 2 aromatic rings. The normalized spacial score (nSPS) is 10.5. The topological polar surface area (TPSA) is 67.9 Å². The summed E-state index contributed by atoms with van der Waals surface area (Å²) in [5.41, 5.74) is 0.0457. The van der Waals surface area contributed by atoms with Crippen LogP contribution in [0.2, 0.25) is 10.0 Å². The number of aromatic nitrogens is 3. The predicted molar refractivity (Wildman–Crippen MR) is 67.8 cm³/mol. The zero-order chi connectivity index (χ0) is 14.0. The molecule has 100 valence electrons. The molecular formula is C11H8Cl2FN3O2. The quantitative estimate of drug-likeness (QED) is 0.699. The van der Waals surface area contributed by atoms with Crippen molar-refractivity contribution in [2.75, 3.05) is 6.61 Å². The molecule has 1 heterocycles. The summed E-state index contributed by atoms with van der Waals surface area (Å²) in [5.74, 6) is -1.36. The number of hydrogen-bond donors (Lipinski definition) is 1. The summed E-state index contributed by atoms with van der Waals surface area (Å²) < 4.78 is 18.3. The second-order valence-electron chi connectivity index (χ2n) is 3.46. The van der Waals surface area contributed by atoms with E-state index in [-0.39, 0.29) is 33.6 Å². The maximum atomic E-state index is 13.5. The molecule has 0 saturated heterocycles. The minimum atomic E-state index is -0.692. The molecule has 0 aliphatic rings. The Balaban J connectivity index is 2.58. The van der Waals surface area contributed by atoms with E-state index < -0.39 is 11.8 Å². The lowest BCUT2D eigenvalue weighted by Crippen LogP contribution is -2.07. The van der Waals surface area contributed by atoms with Gasteiger partial charge in [-0.05, 0) is 19.1 Å². The first-order valence-electron chi connectivity index (χ1n) is 5.28. The molecule has 2 rings (SSSR count). The van der Waals surface area contributed by atoms with Crippen molar-refractivity contribution in [3.63, 3.8) is 0 Å². The molecule has 0 bridgehead atoms. The van der Waals surface area contributed by atoms with Crippen LogP contribution in [0, 0.1) is 5.82 Å². The fraction of sp³-hybridized carbons (Fsp3) is 0.182. The Morgan fingerprint density at radius 3 is 2.84 bits per heavy atom. The van der Waals surface area contributed by atoms with Gasteiger partial charge < -0.3 is 4.74 Å². The van der Waals surface area contributed by atoms with Crippen molar-refractivity contribution in [1.82, 2.24) is 15.4 Å². The van der Waals surface area contributed by atoms with E-state index in [9.17, 15) is 9.18 Å². The Kier molecular flexibility index (Phi) is 4.01. The number of hydrogen-bond acceptors (Lipinski definition) is 4. The third-order valence-corrected chi connectivity index (χ3v) is 2.98. The molecule has 0 saturated carbocycles. The molecule has 0 aliphatic heterocycles. The second-order valence-corrected chi connectivity index (χ2v) is 4.24. The summed E-state index contributed by atoms with van der Waals surface area (Å²) >= 11 is 11.8. The van der Waals surface area contributed by atoms with Gasteiger partial charge in [0.1, 0.15) is 11.5 Å². The van der Waals surface area contributed by atoms with E-state index in [4.69, 9.17) is 27.9 Å². The van der Waals surface area contributed by atoms with Crippen LogP contribution in [0.3, 0.4) is 0 Å². The first-order chi connectivity index (χ1) is 9.06. The van der Waals surface area contributed by atoms with Gasteiger partial charge in [-0.15, -0.1) is 5.10 Å². The monoisotopic (exact) mass is 303 g/mol. The molecule has 0 fully saturated rings. The van der Waals surface area contributed by atoms with Gasteiger partial charge in [0.05, 0.1) is 16.7 Å². The first-order valence-corrected chi connectivity index (χ1v) is 6.03. The Morgan fingerprint density at radius 1 is 1.42 bits per heavy atom. The molecule has 1 N–H and O–H groups in total. The average molecular weight is 304 g/mol. The number of H-pyrrole nitrogens is 1. The number of ether oxygens (including phenoxy) is 1. The molecule has 5 nitrogen and oxygen atoms in total. The highest BCUT2D eigenvalue weighted by Gasteiger charge is 2.24. The molecule has 0 unspecified atom stereocenters. The van der Waals surface area contributed by atoms with E-state index in [1.165, 1.54) is 6.07 Å². The molecule has 0 aliphatic carbocycles. The SMILES string of the molecule is CCOC(=O)c1n[nH]nc1-c1c(Cl)ccc(F)c1Cl. The number of nitrogens with zero attached hydrogens (tertiary/aromatic N) is 2. The number of aromatic amines is 1. The van der Waals surface area contributed by atoms with Gasteiger partial charge in [0, 0.05) is 5.56 Å². The van der Waals surface area contributed by atoms with Crippen molar-refractivity contribution in [1.29, 1.82) is 0 Å². The standard InChI is InChI=1S/C11H8Cl2FN3O2/c1-2-19-11(18)10-9(15-17-16-10)7-5(12)3-4-6(14)8(7)13/h3-4H,2H2,1H3,(H,15,16,17). The van der Waals surface area contributed by atoms with Crippen molar-refractivity contribution in [3.8, 4) is 11.3 Å². The van der Waals surface area contributed by atoms with Crippen LogP contribution in [0.25, 0.3) is 11.3 Å². The van der Waals surface area contributed by atoms with Gasteiger partial charge in [0.25, 0.3) is 0 Å². The maximum Gasteiger partial charge on any atom is 0.361 e. The molecule has 1 aromatic carbocycles. The van der Waals surface area contributed by atoms with Crippen molar-refractivity contribution in [2.24, 2.45) is 0 Å². The first kappa shape index (κ1) is 13.8. The lowest BCUT2D eigenvalue weighted by atomic mass is 10.1. The van der Waals surface area contributed by atoms with Crippen LogP contribution in [0.4, 0.5) is 4.39 Å². The van der Waals surface area contributed by atoms with E-state index in [0.717, 1.165) is 6.07 Å². The number of nitrogens with one attached hydrogen (secondary N) is 1. The molecule has 1 aromatic heterocycles. The predicted octanol–water partition coefficient (Wildman–Crippen LogP) is 3.09. The van der Waals surface area contributed by atoms with Gasteiger partial charge in [-0.2, -0.15) is 10.3 Å². The van der Waals surface area contributed by atoms with E-state index in [2.05, 4.69) is 15.4 Å². The van der Waals surface area contributed by atoms with Gasteiger partial charge in [-0.1, -0.05) is 23.2 Å². The number of benzene rings is 1. The van der Waals surface area contributed by atoms with E-state index in [0.29, 0.717) is 0 Å². The Labute approximate surface area is 117 Å². The molecule has 0 amide bonds. The van der Waals surface area contributed by atoms with E-state index >= 15 is 0 Å². The third-order valence-electron chi connectivity index (χ3n) is 2.30. The molecule has 0 spiro atoms. The minimum Gasteiger partial charge on any atom is -0.461 e. The highest BCUT2D eigenvalue weighted by atomic mass is 35.5. The van der Waals surface area contributed by atoms with Crippen LogP contribution in [0.5, 0.6) is 0 Å². The summed E-state index contributed by atoms with van der Waals surface area (Å²) in [4.78, 5) is 11.7. The number of halogens is 3. The summed E-state index contributed by atoms with van der Waals surface area (Å²) in [6, 6.07) is 2.44. The van der Waals surface area contributed by atoms with Gasteiger partial charge in [-0.25, -0.2) is 9.18 Å². The molecular weight excluding hydrogens is 296 g/mol. The summed E-state index contributed by atoms with van der Waals surface area (Å²) in [7, 11) is 0. The van der Waals surface area contributed by atoms with E-state index in [1.54, 1.807) is 6.92 Å². The van der Waals surface area contributed by atoms with Crippen LogP contribution >= 0.6 is 23.2 Å². The lowest BCUT2D eigenvalue weighted by Gasteiger charge is -2.06. The average Bonchev–Trinajstić information content (AvgIpc) is 2.84. The van der Waals surface area contributed by atoms with Gasteiger partial charge in [0.2, 0.25) is 0 Å². The number of esters is 1. The van der Waals surface area contributed by atoms with Crippen molar-refractivity contribution in [3.05, 3.63) is 33.7 Å².